The van der Waals surface area contributed by atoms with Crippen molar-refractivity contribution in [1.29, 1.82) is 0 Å². The number of nitrogens with zero attached hydrogens (tertiary/aromatic N) is 2. The summed E-state index contributed by atoms with van der Waals surface area (Å²) in [5.74, 6) is 0.787. The van der Waals surface area contributed by atoms with Gasteiger partial charge in [0.15, 0.2) is 5.78 Å². The molecule has 0 amide bonds. The van der Waals surface area contributed by atoms with Gasteiger partial charge in [-0.3, -0.25) is 9.79 Å². The number of sulfonamides is 1. The van der Waals surface area contributed by atoms with E-state index >= 15 is 0 Å². The van der Waals surface area contributed by atoms with Gasteiger partial charge in [-0.25, -0.2) is 8.42 Å². The number of amidine groups is 1. The molecule has 4 aliphatic carbocycles. The van der Waals surface area contributed by atoms with Gasteiger partial charge in [-0.1, -0.05) is 23.7 Å². The highest BCUT2D eigenvalue weighted by Crippen LogP contribution is 2.71. The maximum Gasteiger partial charge on any atom is 0.389 e. The van der Waals surface area contributed by atoms with Gasteiger partial charge in [-0.2, -0.15) is 17.5 Å². The van der Waals surface area contributed by atoms with Crippen LogP contribution in [0.5, 0.6) is 0 Å². The lowest BCUT2D eigenvalue weighted by atomic mass is 9.38. The topological polar surface area (TPSA) is 78.8 Å². The molecule has 1 atom stereocenters. The normalized spacial score (nSPS) is 30.4. The molecule has 1 N–H and O–H groups in total. The van der Waals surface area contributed by atoms with E-state index in [4.69, 9.17) is 11.6 Å². The zero-order chi connectivity index (χ0) is 26.9. The van der Waals surface area contributed by atoms with Gasteiger partial charge in [-0.15, -0.1) is 0 Å². The summed E-state index contributed by atoms with van der Waals surface area (Å²) < 4.78 is 66.2. The minimum absolute atomic E-state index is 0.163. The summed E-state index contributed by atoms with van der Waals surface area (Å²) in [7, 11) is -3.47. The second-order valence-corrected chi connectivity index (χ2v) is 14.4. The van der Waals surface area contributed by atoms with Gasteiger partial charge in [0, 0.05) is 35.4 Å². The number of aliphatic imine (C=N–C) groups is 1. The van der Waals surface area contributed by atoms with E-state index in [2.05, 4.69) is 10.3 Å². The quantitative estimate of drug-likeness (QED) is 0.401. The molecule has 1 aliphatic heterocycles. The summed E-state index contributed by atoms with van der Waals surface area (Å²) >= 11 is 6.02. The van der Waals surface area contributed by atoms with Crippen molar-refractivity contribution in [2.45, 2.75) is 95.1 Å². The second-order valence-electron chi connectivity index (χ2n) is 12.1. The Kier molecular flexibility index (Phi) is 6.51. The molecule has 6 rings (SSSR count). The number of carbonyl (C=O) groups is 1. The van der Waals surface area contributed by atoms with Crippen LogP contribution in [0.2, 0.25) is 5.02 Å². The van der Waals surface area contributed by atoms with E-state index in [1.165, 1.54) is 0 Å². The smallest absolute Gasteiger partial charge is 0.366 e. The standard InChI is InChI=1S/C26H33ClF3N3O3S/c1-23(2)21(20(34)4-3-11-26(28,29)30)31-22(32-23)24-14-25(15-24,16-24)33(37(35,36)13-18-5-6-18)12-17-7-9-19(27)10-8-17/h7-10,18,21H,3-6,11-16H2,1-2H3,(H,31,32)/t21-,24?,25?/m0/s1. The summed E-state index contributed by atoms with van der Waals surface area (Å²) in [4.78, 5) is 17.4. The summed E-state index contributed by atoms with van der Waals surface area (Å²) in [6.45, 7) is 3.96. The molecule has 4 fully saturated rings. The third-order valence-electron chi connectivity index (χ3n) is 8.32. The van der Waals surface area contributed by atoms with E-state index in [0.717, 1.165) is 18.4 Å². The molecule has 5 aliphatic rings. The molecule has 204 valence electrons. The van der Waals surface area contributed by atoms with Crippen LogP contribution < -0.4 is 5.32 Å². The number of halogens is 4. The highest BCUT2D eigenvalue weighted by molar-refractivity contribution is 7.89. The third-order valence-corrected chi connectivity index (χ3v) is 10.7. The van der Waals surface area contributed by atoms with Crippen molar-refractivity contribution in [3.05, 3.63) is 34.9 Å². The lowest BCUT2D eigenvalue weighted by Gasteiger charge is -2.73. The maximum atomic E-state index is 13.5. The zero-order valence-corrected chi connectivity index (χ0v) is 22.6. The van der Waals surface area contributed by atoms with Crippen molar-refractivity contribution in [1.82, 2.24) is 9.62 Å². The number of ketones is 1. The van der Waals surface area contributed by atoms with Crippen LogP contribution in [-0.4, -0.2) is 53.4 Å². The number of carbonyl (C=O) groups excluding carboxylic acids is 1. The van der Waals surface area contributed by atoms with Crippen molar-refractivity contribution in [3.63, 3.8) is 0 Å². The van der Waals surface area contributed by atoms with E-state index in [1.807, 2.05) is 26.0 Å². The summed E-state index contributed by atoms with van der Waals surface area (Å²) in [6.07, 6.45) is -1.93. The number of hydrogen-bond donors (Lipinski definition) is 1. The average molecular weight is 560 g/mol. The van der Waals surface area contributed by atoms with Crippen LogP contribution >= 0.6 is 11.6 Å². The molecule has 1 aromatic rings. The fourth-order valence-electron chi connectivity index (χ4n) is 6.28. The molecule has 4 saturated carbocycles. The Hall–Kier alpha value is -1.65. The van der Waals surface area contributed by atoms with Gasteiger partial charge in [0.1, 0.15) is 11.9 Å². The first-order valence-corrected chi connectivity index (χ1v) is 14.8. The van der Waals surface area contributed by atoms with Crippen LogP contribution in [0.15, 0.2) is 29.3 Å². The molecule has 37 heavy (non-hydrogen) atoms. The van der Waals surface area contributed by atoms with E-state index < -0.39 is 39.7 Å². The predicted octanol–water partition coefficient (Wildman–Crippen LogP) is 5.26. The van der Waals surface area contributed by atoms with Crippen LogP contribution in [0.25, 0.3) is 0 Å². The number of hydrogen-bond acceptors (Lipinski definition) is 5. The van der Waals surface area contributed by atoms with E-state index in [1.54, 1.807) is 16.4 Å². The van der Waals surface area contributed by atoms with Crippen molar-refractivity contribution >= 4 is 33.2 Å². The fourth-order valence-corrected chi connectivity index (χ4v) is 8.64. The first-order valence-electron chi connectivity index (χ1n) is 12.8. The van der Waals surface area contributed by atoms with Crippen LogP contribution in [0, 0.1) is 11.3 Å². The maximum absolute atomic E-state index is 13.5. The summed E-state index contributed by atoms with van der Waals surface area (Å²) in [6, 6.07) is 6.48. The third kappa shape index (κ3) is 5.30. The molecule has 0 saturated heterocycles. The molecule has 0 radical (unpaired) electrons. The fraction of sp³-hybridized carbons (Fsp3) is 0.692. The van der Waals surface area contributed by atoms with Crippen molar-refractivity contribution in [2.75, 3.05) is 5.75 Å². The SMILES string of the molecule is CC1(C)NC(C23CC(N(Cc4ccc(Cl)cc4)S(=O)(=O)CC4CC4)(C2)C3)=N[C@H]1C(=O)CCCC(F)(F)F. The van der Waals surface area contributed by atoms with Gasteiger partial charge >= 0.3 is 6.18 Å². The molecule has 1 aromatic carbocycles. The zero-order valence-electron chi connectivity index (χ0n) is 21.1. The van der Waals surface area contributed by atoms with Gasteiger partial charge in [0.25, 0.3) is 0 Å². The van der Waals surface area contributed by atoms with E-state index in [-0.39, 0.29) is 42.3 Å². The van der Waals surface area contributed by atoms with Gasteiger partial charge in [-0.05, 0) is 76.0 Å². The average Bonchev–Trinajstić information content (AvgIpc) is 3.46. The largest absolute Gasteiger partial charge is 0.389 e. The Morgan fingerprint density at radius 2 is 1.78 bits per heavy atom. The Labute approximate surface area is 221 Å². The number of Topliss-reactive ketones (excluding diaryl/α,β-unsaturated/α-hetero) is 1. The molecule has 2 bridgehead atoms. The Morgan fingerprint density at radius 3 is 2.35 bits per heavy atom. The lowest BCUT2D eigenvalue weighted by Crippen LogP contribution is -2.78. The first kappa shape index (κ1) is 26.9. The number of nitrogens with one attached hydrogen (secondary N) is 1. The lowest BCUT2D eigenvalue weighted by molar-refractivity contribution is -0.151. The minimum atomic E-state index is -4.28. The Morgan fingerprint density at radius 1 is 1.16 bits per heavy atom. The Balaban J connectivity index is 1.30. The Bertz CT molecular complexity index is 1190. The van der Waals surface area contributed by atoms with Crippen molar-refractivity contribution in [2.24, 2.45) is 16.3 Å². The molecule has 0 unspecified atom stereocenters. The van der Waals surface area contributed by atoms with E-state index in [9.17, 15) is 26.4 Å². The summed E-state index contributed by atoms with van der Waals surface area (Å²) in [5.41, 5.74) is -0.610. The molecule has 6 nitrogen and oxygen atoms in total. The van der Waals surface area contributed by atoms with Crippen LogP contribution in [0.1, 0.15) is 70.8 Å². The summed E-state index contributed by atoms with van der Waals surface area (Å²) in [5, 5.41) is 3.96. The molecule has 0 aromatic heterocycles. The predicted molar refractivity (Wildman–Crippen MR) is 136 cm³/mol. The first-order chi connectivity index (χ1) is 17.1. The van der Waals surface area contributed by atoms with Crippen LogP contribution in [0.4, 0.5) is 13.2 Å². The number of alkyl halides is 3. The van der Waals surface area contributed by atoms with Crippen molar-refractivity contribution < 1.29 is 26.4 Å². The number of rotatable bonds is 11. The van der Waals surface area contributed by atoms with E-state index in [0.29, 0.717) is 30.1 Å². The molecule has 11 heteroatoms. The number of benzene rings is 1. The molecule has 1 heterocycles. The highest BCUT2D eigenvalue weighted by Gasteiger charge is 2.75. The van der Waals surface area contributed by atoms with Gasteiger partial charge in [0.2, 0.25) is 10.0 Å². The van der Waals surface area contributed by atoms with Gasteiger partial charge in [0.05, 0.1) is 11.3 Å². The van der Waals surface area contributed by atoms with Crippen LogP contribution in [-0.2, 0) is 21.4 Å². The molecular weight excluding hydrogens is 527 g/mol. The molecular formula is C26H33ClF3N3O3S. The monoisotopic (exact) mass is 559 g/mol. The molecule has 0 spiro atoms. The minimum Gasteiger partial charge on any atom is -0.366 e. The highest BCUT2D eigenvalue weighted by atomic mass is 35.5. The van der Waals surface area contributed by atoms with Crippen molar-refractivity contribution in [3.8, 4) is 0 Å². The second kappa shape index (κ2) is 8.95. The van der Waals surface area contributed by atoms with Gasteiger partial charge < -0.3 is 5.32 Å². The van der Waals surface area contributed by atoms with Crippen LogP contribution in [0.3, 0.4) is 0 Å².